The van der Waals surface area contributed by atoms with Crippen molar-refractivity contribution in [1.29, 1.82) is 0 Å². The third-order valence-electron chi connectivity index (χ3n) is 5.88. The van der Waals surface area contributed by atoms with Crippen LogP contribution in [-0.2, 0) is 26.2 Å². The number of anilines is 1. The van der Waals surface area contributed by atoms with E-state index >= 15 is 0 Å². The second kappa shape index (κ2) is 12.2. The summed E-state index contributed by atoms with van der Waals surface area (Å²) in [6.07, 6.45) is 0. The maximum Gasteiger partial charge on any atom is 0.269 e. The van der Waals surface area contributed by atoms with Crippen LogP contribution >= 0.6 is 0 Å². The molecule has 0 saturated carbocycles. The SMILES string of the molecule is CNC(=O)C(C)N(Cc1ccc(OC)cc1)C(=O)CN(c1ccc([N+](=O)[O-])cc1)S(=O)(=O)c1ccccc1. The third-order valence-corrected chi connectivity index (χ3v) is 7.67. The molecule has 1 unspecified atom stereocenters. The van der Waals surface area contributed by atoms with Crippen LogP contribution in [0.1, 0.15) is 12.5 Å². The van der Waals surface area contributed by atoms with Gasteiger partial charge in [-0.1, -0.05) is 30.3 Å². The van der Waals surface area contributed by atoms with E-state index in [1.54, 1.807) is 49.4 Å². The van der Waals surface area contributed by atoms with Gasteiger partial charge in [-0.2, -0.15) is 0 Å². The van der Waals surface area contributed by atoms with Gasteiger partial charge in [-0.25, -0.2) is 8.42 Å². The quantitative estimate of drug-likeness (QED) is 0.291. The van der Waals surface area contributed by atoms with Crippen LogP contribution < -0.4 is 14.4 Å². The number of hydrogen-bond donors (Lipinski definition) is 1. The summed E-state index contributed by atoms with van der Waals surface area (Å²) in [7, 11) is -1.28. The standard InChI is InChI=1S/C26H28N4O7S/c1-19(26(32)27-2)28(17-20-9-15-23(37-3)16-10-20)25(31)18-29(21-11-13-22(14-12-21)30(33)34)38(35,36)24-7-5-4-6-8-24/h4-16,19H,17-18H2,1-3H3,(H,27,32). The second-order valence-electron chi connectivity index (χ2n) is 8.26. The highest BCUT2D eigenvalue weighted by molar-refractivity contribution is 7.92. The van der Waals surface area contributed by atoms with Crippen LogP contribution in [0.3, 0.4) is 0 Å². The number of ether oxygens (including phenoxy) is 1. The van der Waals surface area contributed by atoms with Crippen LogP contribution in [0.2, 0.25) is 0 Å². The Labute approximate surface area is 220 Å². The molecule has 38 heavy (non-hydrogen) atoms. The predicted molar refractivity (Wildman–Crippen MR) is 141 cm³/mol. The number of nitrogens with one attached hydrogen (secondary N) is 1. The van der Waals surface area contributed by atoms with Gasteiger partial charge in [0.15, 0.2) is 0 Å². The summed E-state index contributed by atoms with van der Waals surface area (Å²) in [5, 5.41) is 13.6. The minimum Gasteiger partial charge on any atom is -0.497 e. The summed E-state index contributed by atoms with van der Waals surface area (Å²) in [4.78, 5) is 37.9. The van der Waals surface area contributed by atoms with Crippen molar-refractivity contribution in [3.8, 4) is 5.75 Å². The topological polar surface area (TPSA) is 139 Å². The van der Waals surface area contributed by atoms with Crippen molar-refractivity contribution in [2.45, 2.75) is 24.4 Å². The van der Waals surface area contributed by atoms with Gasteiger partial charge in [-0.15, -0.1) is 0 Å². The van der Waals surface area contributed by atoms with Crippen LogP contribution in [0.15, 0.2) is 83.8 Å². The van der Waals surface area contributed by atoms with Gasteiger partial charge in [0.05, 0.1) is 22.6 Å². The normalized spacial score (nSPS) is 11.8. The highest BCUT2D eigenvalue weighted by Gasteiger charge is 2.32. The van der Waals surface area contributed by atoms with E-state index < -0.39 is 39.3 Å². The second-order valence-corrected chi connectivity index (χ2v) is 10.1. The van der Waals surface area contributed by atoms with Crippen molar-refractivity contribution in [1.82, 2.24) is 10.2 Å². The van der Waals surface area contributed by atoms with E-state index in [1.807, 2.05) is 0 Å². The number of nitro groups is 1. The summed E-state index contributed by atoms with van der Waals surface area (Å²) < 4.78 is 33.3. The fraction of sp³-hybridized carbons (Fsp3) is 0.231. The zero-order valence-corrected chi connectivity index (χ0v) is 21.9. The Morgan fingerprint density at radius 1 is 1.00 bits per heavy atom. The van der Waals surface area contributed by atoms with Crippen LogP contribution in [0.25, 0.3) is 0 Å². The summed E-state index contributed by atoms with van der Waals surface area (Å²) in [5.41, 5.74) is 0.527. The molecule has 0 heterocycles. The molecule has 12 heteroatoms. The summed E-state index contributed by atoms with van der Waals surface area (Å²) in [6.45, 7) is 0.922. The number of sulfonamides is 1. The van der Waals surface area contributed by atoms with Crippen LogP contribution in [0, 0.1) is 10.1 Å². The van der Waals surface area contributed by atoms with Gasteiger partial charge in [-0.3, -0.25) is 24.0 Å². The van der Waals surface area contributed by atoms with Gasteiger partial charge in [0.2, 0.25) is 11.8 Å². The first-order chi connectivity index (χ1) is 18.1. The van der Waals surface area contributed by atoms with Crippen molar-refractivity contribution >= 4 is 33.2 Å². The van der Waals surface area contributed by atoms with Gasteiger partial charge in [-0.05, 0) is 48.9 Å². The van der Waals surface area contributed by atoms with Crippen molar-refractivity contribution in [3.05, 3.63) is 94.5 Å². The zero-order chi connectivity index (χ0) is 27.9. The highest BCUT2D eigenvalue weighted by atomic mass is 32.2. The monoisotopic (exact) mass is 540 g/mol. The predicted octanol–water partition coefficient (Wildman–Crippen LogP) is 2.96. The number of non-ortho nitro benzene ring substituents is 1. The van der Waals surface area contributed by atoms with E-state index in [1.165, 1.54) is 43.3 Å². The fourth-order valence-corrected chi connectivity index (χ4v) is 5.14. The molecular weight excluding hydrogens is 512 g/mol. The Kier molecular flexibility index (Phi) is 9.02. The Morgan fingerprint density at radius 3 is 2.13 bits per heavy atom. The molecule has 0 aliphatic carbocycles. The number of benzene rings is 3. The molecule has 0 aliphatic heterocycles. The van der Waals surface area contributed by atoms with Crippen molar-refractivity contribution < 1.29 is 27.7 Å². The number of carbonyl (C=O) groups excluding carboxylic acids is 2. The number of rotatable bonds is 11. The third kappa shape index (κ3) is 6.45. The van der Waals surface area contributed by atoms with Crippen molar-refractivity contribution in [3.63, 3.8) is 0 Å². The molecule has 1 N–H and O–H groups in total. The smallest absolute Gasteiger partial charge is 0.269 e. The number of nitro benzene ring substituents is 1. The minimum absolute atomic E-state index is 0.0247. The first kappa shape index (κ1) is 28.1. The van der Waals surface area contributed by atoms with E-state index in [-0.39, 0.29) is 22.8 Å². The van der Waals surface area contributed by atoms with Crippen LogP contribution in [0.5, 0.6) is 5.75 Å². The Bertz CT molecular complexity index is 1380. The van der Waals surface area contributed by atoms with Crippen LogP contribution in [0.4, 0.5) is 11.4 Å². The van der Waals surface area contributed by atoms with E-state index in [2.05, 4.69) is 5.32 Å². The van der Waals surface area contributed by atoms with Crippen LogP contribution in [-0.4, -0.2) is 56.8 Å². The molecule has 11 nitrogen and oxygen atoms in total. The first-order valence-electron chi connectivity index (χ1n) is 11.5. The molecule has 2 amide bonds. The van der Waals surface area contributed by atoms with E-state index in [9.17, 15) is 28.1 Å². The molecule has 0 fully saturated rings. The Hall–Kier alpha value is -4.45. The number of amides is 2. The molecule has 0 bridgehead atoms. The molecule has 3 aromatic carbocycles. The van der Waals surface area contributed by atoms with Gasteiger partial charge in [0.1, 0.15) is 18.3 Å². The summed E-state index contributed by atoms with van der Waals surface area (Å²) in [6, 6.07) is 18.4. The average molecular weight is 541 g/mol. The van der Waals surface area contributed by atoms with Crippen molar-refractivity contribution in [2.24, 2.45) is 0 Å². The van der Waals surface area contributed by atoms with Gasteiger partial charge >= 0.3 is 0 Å². The lowest BCUT2D eigenvalue weighted by molar-refractivity contribution is -0.384. The maximum absolute atomic E-state index is 13.7. The molecule has 0 aliphatic rings. The molecule has 3 aromatic rings. The summed E-state index contributed by atoms with van der Waals surface area (Å²) >= 11 is 0. The van der Waals surface area contributed by atoms with Gasteiger partial charge in [0, 0.05) is 25.7 Å². The first-order valence-corrected chi connectivity index (χ1v) is 13.0. The minimum atomic E-state index is -4.25. The number of nitrogens with zero attached hydrogens (tertiary/aromatic N) is 3. The average Bonchev–Trinajstić information content (AvgIpc) is 2.94. The lowest BCUT2D eigenvalue weighted by atomic mass is 10.1. The number of hydrogen-bond acceptors (Lipinski definition) is 7. The largest absolute Gasteiger partial charge is 0.497 e. The molecule has 0 saturated heterocycles. The lowest BCUT2D eigenvalue weighted by Gasteiger charge is -2.31. The molecule has 1 atom stereocenters. The highest BCUT2D eigenvalue weighted by Crippen LogP contribution is 2.26. The maximum atomic E-state index is 13.7. The van der Waals surface area contributed by atoms with Gasteiger partial charge in [0.25, 0.3) is 15.7 Å². The number of carbonyl (C=O) groups is 2. The molecule has 0 radical (unpaired) electrons. The van der Waals surface area contributed by atoms with Crippen molar-refractivity contribution in [2.75, 3.05) is 25.0 Å². The molecule has 0 aromatic heterocycles. The zero-order valence-electron chi connectivity index (χ0n) is 21.1. The fourth-order valence-electron chi connectivity index (χ4n) is 3.71. The lowest BCUT2D eigenvalue weighted by Crippen LogP contribution is -2.50. The molecular formula is C26H28N4O7S. The van der Waals surface area contributed by atoms with E-state index in [0.29, 0.717) is 11.3 Å². The molecule has 0 spiro atoms. The number of methoxy groups -OCH3 is 1. The molecule has 3 rings (SSSR count). The Balaban J connectivity index is 2.02. The number of likely N-dealkylation sites (N-methyl/N-ethyl adjacent to an activating group) is 1. The summed E-state index contributed by atoms with van der Waals surface area (Å²) in [5.74, 6) is -0.460. The van der Waals surface area contributed by atoms with E-state index in [0.717, 1.165) is 16.4 Å². The van der Waals surface area contributed by atoms with E-state index in [4.69, 9.17) is 4.74 Å². The molecule has 200 valence electrons. The Morgan fingerprint density at radius 2 is 1.61 bits per heavy atom. The van der Waals surface area contributed by atoms with Gasteiger partial charge < -0.3 is 15.0 Å².